The molecular weight excluding hydrogens is 134 g/mol. The van der Waals surface area contributed by atoms with Gasteiger partial charge >= 0.3 is 0 Å². The zero-order valence-electron chi connectivity index (χ0n) is 7.22. The molecule has 0 aromatic carbocycles. The van der Waals surface area contributed by atoms with Crippen molar-refractivity contribution in [2.75, 3.05) is 0 Å². The molecule has 0 heterocycles. The van der Waals surface area contributed by atoms with E-state index >= 15 is 0 Å². The summed E-state index contributed by atoms with van der Waals surface area (Å²) in [6, 6.07) is 0.270. The fourth-order valence-corrected chi connectivity index (χ4v) is 1.36. The Morgan fingerprint density at radius 2 is 2.45 bits per heavy atom. The van der Waals surface area contributed by atoms with Gasteiger partial charge in [-0.15, -0.1) is 0 Å². The zero-order valence-corrected chi connectivity index (χ0v) is 7.22. The Kier molecular flexibility index (Phi) is 3.37. The van der Waals surface area contributed by atoms with Gasteiger partial charge in [-0.2, -0.15) is 0 Å². The molecule has 1 atom stereocenters. The normalized spacial score (nSPS) is 23.5. The fourth-order valence-electron chi connectivity index (χ4n) is 1.36. The van der Waals surface area contributed by atoms with E-state index in [0.29, 0.717) is 0 Å². The molecule has 0 saturated carbocycles. The van der Waals surface area contributed by atoms with Crippen LogP contribution in [0, 0.1) is 0 Å². The third kappa shape index (κ3) is 2.89. The smallest absolute Gasteiger partial charge is 0.0264 e. The van der Waals surface area contributed by atoms with Crippen LogP contribution >= 0.6 is 0 Å². The van der Waals surface area contributed by atoms with E-state index < -0.39 is 0 Å². The number of unbranched alkanes of at least 4 members (excludes halogenated alkanes) is 1. The molecule has 0 fully saturated rings. The zero-order chi connectivity index (χ0) is 8.10. The van der Waals surface area contributed by atoms with E-state index in [1.54, 1.807) is 0 Å². The molecule has 0 spiro atoms. The van der Waals surface area contributed by atoms with Crippen LogP contribution in [0.5, 0.6) is 0 Å². The van der Waals surface area contributed by atoms with Gasteiger partial charge in [-0.05, 0) is 19.3 Å². The largest absolute Gasteiger partial charge is 0.324 e. The molecule has 1 nitrogen and oxygen atoms in total. The van der Waals surface area contributed by atoms with Crippen molar-refractivity contribution in [3.63, 3.8) is 0 Å². The highest BCUT2D eigenvalue weighted by Crippen LogP contribution is 2.16. The molecule has 0 bridgehead atoms. The van der Waals surface area contributed by atoms with E-state index in [1.807, 2.05) is 0 Å². The number of nitrogens with two attached hydrogens (primary N) is 1. The van der Waals surface area contributed by atoms with Crippen molar-refractivity contribution < 1.29 is 0 Å². The number of hydrogen-bond donors (Lipinski definition) is 1. The first kappa shape index (κ1) is 8.54. The number of rotatable bonds is 3. The van der Waals surface area contributed by atoms with E-state index in [4.69, 9.17) is 5.73 Å². The van der Waals surface area contributed by atoms with Crippen LogP contribution in [0.1, 0.15) is 32.6 Å². The maximum Gasteiger partial charge on any atom is 0.0264 e. The van der Waals surface area contributed by atoms with Gasteiger partial charge in [-0.1, -0.05) is 37.1 Å². The molecule has 2 N–H and O–H groups in total. The molecule has 11 heavy (non-hydrogen) atoms. The van der Waals surface area contributed by atoms with Crippen molar-refractivity contribution in [3.8, 4) is 0 Å². The van der Waals surface area contributed by atoms with Gasteiger partial charge in [-0.25, -0.2) is 0 Å². The third-order valence-corrected chi connectivity index (χ3v) is 2.04. The van der Waals surface area contributed by atoms with E-state index in [-0.39, 0.29) is 6.04 Å². The Bertz CT molecular complexity index is 168. The number of hydrogen-bond acceptors (Lipinski definition) is 1. The van der Waals surface area contributed by atoms with Crippen molar-refractivity contribution in [1.29, 1.82) is 0 Å². The highest BCUT2D eigenvalue weighted by molar-refractivity contribution is 5.21. The van der Waals surface area contributed by atoms with Crippen LogP contribution in [0.15, 0.2) is 23.8 Å². The summed E-state index contributed by atoms with van der Waals surface area (Å²) in [5.41, 5.74) is 7.28. The third-order valence-electron chi connectivity index (χ3n) is 2.04. The van der Waals surface area contributed by atoms with Crippen molar-refractivity contribution >= 4 is 0 Å². The molecule has 1 unspecified atom stereocenters. The van der Waals surface area contributed by atoms with Gasteiger partial charge in [0.1, 0.15) is 0 Å². The van der Waals surface area contributed by atoms with Crippen LogP contribution in [-0.4, -0.2) is 6.04 Å². The van der Waals surface area contributed by atoms with Crippen LogP contribution in [0.25, 0.3) is 0 Å². The summed E-state index contributed by atoms with van der Waals surface area (Å²) in [4.78, 5) is 0. The van der Waals surface area contributed by atoms with Gasteiger partial charge in [-0.3, -0.25) is 0 Å². The lowest BCUT2D eigenvalue weighted by molar-refractivity contribution is 0.707. The molecule has 1 aliphatic rings. The molecule has 62 valence electrons. The van der Waals surface area contributed by atoms with E-state index in [0.717, 1.165) is 6.42 Å². The Balaban J connectivity index is 2.33. The Morgan fingerprint density at radius 3 is 3.09 bits per heavy atom. The summed E-state index contributed by atoms with van der Waals surface area (Å²) in [7, 11) is 0. The SMILES string of the molecule is CCCCC1=CC=CC(N)C1. The van der Waals surface area contributed by atoms with Gasteiger partial charge in [0.25, 0.3) is 0 Å². The van der Waals surface area contributed by atoms with E-state index in [9.17, 15) is 0 Å². The summed E-state index contributed by atoms with van der Waals surface area (Å²) < 4.78 is 0. The van der Waals surface area contributed by atoms with Crippen LogP contribution in [0.2, 0.25) is 0 Å². The summed E-state index contributed by atoms with van der Waals surface area (Å²) in [6.07, 6.45) is 11.2. The summed E-state index contributed by atoms with van der Waals surface area (Å²) in [6.45, 7) is 2.22. The summed E-state index contributed by atoms with van der Waals surface area (Å²) in [5, 5.41) is 0. The summed E-state index contributed by atoms with van der Waals surface area (Å²) in [5.74, 6) is 0. The van der Waals surface area contributed by atoms with Gasteiger partial charge in [0.05, 0.1) is 0 Å². The molecule has 0 aromatic heterocycles. The van der Waals surface area contributed by atoms with Crippen molar-refractivity contribution in [1.82, 2.24) is 0 Å². The first-order chi connectivity index (χ1) is 5.33. The molecule has 0 saturated heterocycles. The van der Waals surface area contributed by atoms with Crippen LogP contribution in [0.4, 0.5) is 0 Å². The molecule has 1 heteroatoms. The van der Waals surface area contributed by atoms with E-state index in [2.05, 4.69) is 25.2 Å². The minimum absolute atomic E-state index is 0.270. The lowest BCUT2D eigenvalue weighted by atomic mass is 9.97. The lowest BCUT2D eigenvalue weighted by Gasteiger charge is -2.13. The molecule has 0 aromatic rings. The first-order valence-corrected chi connectivity index (χ1v) is 4.44. The molecule has 0 aliphatic heterocycles. The Hall–Kier alpha value is -0.560. The van der Waals surface area contributed by atoms with Crippen molar-refractivity contribution in [2.45, 2.75) is 38.6 Å². The minimum Gasteiger partial charge on any atom is -0.324 e. The van der Waals surface area contributed by atoms with Crippen LogP contribution in [0.3, 0.4) is 0 Å². The van der Waals surface area contributed by atoms with Crippen LogP contribution < -0.4 is 5.73 Å². The quantitative estimate of drug-likeness (QED) is 0.658. The van der Waals surface area contributed by atoms with Crippen LogP contribution in [-0.2, 0) is 0 Å². The fraction of sp³-hybridized carbons (Fsp3) is 0.600. The molecule has 1 rings (SSSR count). The molecule has 0 radical (unpaired) electrons. The van der Waals surface area contributed by atoms with Gasteiger partial charge < -0.3 is 5.73 Å². The second kappa shape index (κ2) is 4.35. The lowest BCUT2D eigenvalue weighted by Crippen LogP contribution is -2.19. The molecule has 0 amide bonds. The predicted octanol–water partition coefficient (Wildman–Crippen LogP) is 2.39. The maximum atomic E-state index is 5.77. The number of allylic oxidation sites excluding steroid dienone is 2. The maximum absolute atomic E-state index is 5.77. The topological polar surface area (TPSA) is 26.0 Å². The average Bonchev–Trinajstić information content (AvgIpc) is 2.01. The van der Waals surface area contributed by atoms with E-state index in [1.165, 1.54) is 24.8 Å². The molecular formula is C10H17N. The second-order valence-electron chi connectivity index (χ2n) is 3.18. The highest BCUT2D eigenvalue weighted by atomic mass is 14.6. The predicted molar refractivity (Wildman–Crippen MR) is 49.3 cm³/mol. The van der Waals surface area contributed by atoms with Gasteiger partial charge in [0.15, 0.2) is 0 Å². The minimum atomic E-state index is 0.270. The van der Waals surface area contributed by atoms with Gasteiger partial charge in [0.2, 0.25) is 0 Å². The highest BCUT2D eigenvalue weighted by Gasteiger charge is 2.05. The Labute approximate surface area is 69.0 Å². The first-order valence-electron chi connectivity index (χ1n) is 4.44. The van der Waals surface area contributed by atoms with Gasteiger partial charge in [0, 0.05) is 6.04 Å². The monoisotopic (exact) mass is 151 g/mol. The second-order valence-corrected chi connectivity index (χ2v) is 3.18. The Morgan fingerprint density at radius 1 is 1.64 bits per heavy atom. The molecule has 1 aliphatic carbocycles. The van der Waals surface area contributed by atoms with Crippen molar-refractivity contribution in [2.24, 2.45) is 5.73 Å². The average molecular weight is 151 g/mol. The summed E-state index contributed by atoms with van der Waals surface area (Å²) >= 11 is 0. The van der Waals surface area contributed by atoms with Crippen molar-refractivity contribution in [3.05, 3.63) is 23.8 Å². The standard InChI is InChI=1S/C10H17N/c1-2-3-5-9-6-4-7-10(11)8-9/h4,6-7,10H,2-3,5,8,11H2,1H3.